The minimum atomic E-state index is -0.172. The first-order chi connectivity index (χ1) is 10.8. The number of amides is 1. The largest absolute Gasteiger partial charge is 0.349 e. The third kappa shape index (κ3) is 2.32. The number of nitrogens with zero attached hydrogens (tertiary/aromatic N) is 1. The average molecular weight is 315 g/mol. The molecule has 0 spiro atoms. The molecular weight excluding hydrogens is 294 g/mol. The monoisotopic (exact) mass is 315 g/mol. The number of nitrogens with one attached hydrogen (secondary N) is 2. The summed E-state index contributed by atoms with van der Waals surface area (Å²) in [7, 11) is 0. The zero-order chi connectivity index (χ0) is 15.0. The lowest BCUT2D eigenvalue weighted by Crippen LogP contribution is -2.47. The van der Waals surface area contributed by atoms with Crippen LogP contribution in [0.25, 0.3) is 10.2 Å². The third-order valence-corrected chi connectivity index (χ3v) is 6.27. The van der Waals surface area contributed by atoms with Gasteiger partial charge in [-0.1, -0.05) is 25.0 Å². The van der Waals surface area contributed by atoms with E-state index >= 15 is 0 Å². The van der Waals surface area contributed by atoms with Crippen LogP contribution in [0.15, 0.2) is 24.3 Å². The van der Waals surface area contributed by atoms with Gasteiger partial charge in [0.15, 0.2) is 0 Å². The smallest absolute Gasteiger partial charge is 0.228 e. The Balaban J connectivity index is 1.47. The average Bonchev–Trinajstić information content (AvgIpc) is 3.16. The van der Waals surface area contributed by atoms with Crippen LogP contribution in [-0.4, -0.2) is 24.0 Å². The van der Waals surface area contributed by atoms with E-state index in [0.29, 0.717) is 12.5 Å². The Morgan fingerprint density at radius 2 is 2.32 bits per heavy atom. The number of hydrogen-bond donors (Lipinski definition) is 2. The van der Waals surface area contributed by atoms with Crippen LogP contribution < -0.4 is 10.6 Å². The number of hydrogen-bond acceptors (Lipinski definition) is 4. The molecule has 4 rings (SSSR count). The summed E-state index contributed by atoms with van der Waals surface area (Å²) >= 11 is 1.67. The highest BCUT2D eigenvalue weighted by atomic mass is 32.1. The summed E-state index contributed by atoms with van der Waals surface area (Å²) in [4.78, 5) is 17.4. The Kier molecular flexibility index (Phi) is 3.62. The second-order valence-electron chi connectivity index (χ2n) is 6.49. The molecule has 2 atom stereocenters. The Hall–Kier alpha value is -1.46. The maximum absolute atomic E-state index is 12.8. The van der Waals surface area contributed by atoms with Gasteiger partial charge in [-0.3, -0.25) is 4.79 Å². The van der Waals surface area contributed by atoms with Gasteiger partial charge in [-0.05, 0) is 37.4 Å². The molecule has 116 valence electrons. The Morgan fingerprint density at radius 1 is 1.41 bits per heavy atom. The normalized spacial score (nSPS) is 27.7. The molecule has 1 saturated carbocycles. The molecule has 2 N–H and O–H groups in total. The zero-order valence-electron chi connectivity index (χ0n) is 12.6. The summed E-state index contributed by atoms with van der Waals surface area (Å²) in [5, 5.41) is 7.58. The molecule has 2 fully saturated rings. The van der Waals surface area contributed by atoms with E-state index in [-0.39, 0.29) is 11.3 Å². The molecule has 1 aromatic carbocycles. The van der Waals surface area contributed by atoms with Crippen LogP contribution in [0.4, 0.5) is 0 Å². The molecule has 4 nitrogen and oxygen atoms in total. The molecule has 1 saturated heterocycles. The summed E-state index contributed by atoms with van der Waals surface area (Å²) in [6.07, 6.45) is 4.64. The number of para-hydroxylation sites is 1. The molecule has 1 amide bonds. The predicted molar refractivity (Wildman–Crippen MR) is 88.7 cm³/mol. The van der Waals surface area contributed by atoms with Crippen LogP contribution in [0.1, 0.15) is 30.7 Å². The zero-order valence-corrected chi connectivity index (χ0v) is 13.4. The second kappa shape index (κ2) is 5.63. The molecule has 5 heteroatoms. The van der Waals surface area contributed by atoms with Gasteiger partial charge in [-0.25, -0.2) is 4.98 Å². The minimum absolute atomic E-state index is 0.172. The number of benzene rings is 1. The van der Waals surface area contributed by atoms with Crippen molar-refractivity contribution in [3.05, 3.63) is 29.3 Å². The second-order valence-corrected chi connectivity index (χ2v) is 7.60. The first-order valence-corrected chi connectivity index (χ1v) is 8.93. The Bertz CT molecular complexity index is 665. The van der Waals surface area contributed by atoms with Crippen molar-refractivity contribution in [2.45, 2.75) is 32.2 Å². The van der Waals surface area contributed by atoms with Crippen molar-refractivity contribution in [3.63, 3.8) is 0 Å². The van der Waals surface area contributed by atoms with Crippen molar-refractivity contribution < 1.29 is 4.79 Å². The highest BCUT2D eigenvalue weighted by molar-refractivity contribution is 7.18. The fourth-order valence-corrected chi connectivity index (χ4v) is 4.92. The number of thiazole rings is 1. The number of carbonyl (C=O) groups is 1. The highest BCUT2D eigenvalue weighted by Gasteiger charge is 2.49. The summed E-state index contributed by atoms with van der Waals surface area (Å²) < 4.78 is 1.18. The van der Waals surface area contributed by atoms with Crippen molar-refractivity contribution in [3.8, 4) is 0 Å². The van der Waals surface area contributed by atoms with E-state index in [2.05, 4.69) is 21.7 Å². The standard InChI is InChI=1S/C17H21N3OS/c21-16(17-8-4-3-5-12(17)9-18-11-17)19-10-15-20-13-6-1-2-7-14(13)22-15/h1-2,6-7,12,18H,3-5,8-11H2,(H,19,21)/t12-,17+/m0/s1. The highest BCUT2D eigenvalue weighted by Crippen LogP contribution is 2.43. The van der Waals surface area contributed by atoms with Crippen molar-refractivity contribution in [2.75, 3.05) is 13.1 Å². The van der Waals surface area contributed by atoms with Crippen molar-refractivity contribution in [2.24, 2.45) is 11.3 Å². The van der Waals surface area contributed by atoms with Crippen LogP contribution in [0.2, 0.25) is 0 Å². The van der Waals surface area contributed by atoms with Gasteiger partial charge in [0.1, 0.15) is 5.01 Å². The molecule has 1 aromatic heterocycles. The molecule has 1 aliphatic heterocycles. The lowest BCUT2D eigenvalue weighted by Gasteiger charge is -2.37. The van der Waals surface area contributed by atoms with Gasteiger partial charge in [0, 0.05) is 6.54 Å². The van der Waals surface area contributed by atoms with E-state index < -0.39 is 0 Å². The van der Waals surface area contributed by atoms with Crippen LogP contribution >= 0.6 is 11.3 Å². The molecule has 0 bridgehead atoms. The minimum Gasteiger partial charge on any atom is -0.349 e. The van der Waals surface area contributed by atoms with E-state index in [1.165, 1.54) is 24.0 Å². The first kappa shape index (κ1) is 14.2. The van der Waals surface area contributed by atoms with Crippen LogP contribution in [0.5, 0.6) is 0 Å². The van der Waals surface area contributed by atoms with Gasteiger partial charge in [0.05, 0.1) is 22.2 Å². The lowest BCUT2D eigenvalue weighted by molar-refractivity contribution is -0.134. The molecule has 2 aromatic rings. The predicted octanol–water partition coefficient (Wildman–Crippen LogP) is 2.69. The molecule has 2 heterocycles. The summed E-state index contributed by atoms with van der Waals surface area (Å²) in [6.45, 7) is 2.38. The molecule has 0 radical (unpaired) electrons. The van der Waals surface area contributed by atoms with Gasteiger partial charge in [0.25, 0.3) is 0 Å². The topological polar surface area (TPSA) is 54.0 Å². The molecular formula is C17H21N3OS. The van der Waals surface area contributed by atoms with Gasteiger partial charge < -0.3 is 10.6 Å². The quantitative estimate of drug-likeness (QED) is 0.915. The Morgan fingerprint density at radius 3 is 3.23 bits per heavy atom. The van der Waals surface area contributed by atoms with E-state index in [1.807, 2.05) is 18.2 Å². The number of aromatic nitrogens is 1. The van der Waals surface area contributed by atoms with Crippen molar-refractivity contribution >= 4 is 27.5 Å². The lowest BCUT2D eigenvalue weighted by atomic mass is 9.67. The Labute approximate surface area is 134 Å². The van der Waals surface area contributed by atoms with Crippen LogP contribution in [-0.2, 0) is 11.3 Å². The summed E-state index contributed by atoms with van der Waals surface area (Å²) in [5.41, 5.74) is 0.850. The third-order valence-electron chi connectivity index (χ3n) is 5.23. The first-order valence-electron chi connectivity index (χ1n) is 8.11. The van der Waals surface area contributed by atoms with Crippen molar-refractivity contribution in [1.29, 1.82) is 0 Å². The summed E-state index contributed by atoms with van der Waals surface area (Å²) in [5.74, 6) is 0.734. The van der Waals surface area contributed by atoms with E-state index in [0.717, 1.165) is 30.0 Å². The molecule has 0 unspecified atom stereocenters. The van der Waals surface area contributed by atoms with E-state index in [1.54, 1.807) is 11.3 Å². The summed E-state index contributed by atoms with van der Waals surface area (Å²) in [6, 6.07) is 8.13. The number of fused-ring (bicyclic) bond motifs is 2. The van der Waals surface area contributed by atoms with Crippen LogP contribution in [0, 0.1) is 11.3 Å². The van der Waals surface area contributed by atoms with Gasteiger partial charge in [0.2, 0.25) is 5.91 Å². The van der Waals surface area contributed by atoms with Crippen molar-refractivity contribution in [1.82, 2.24) is 15.6 Å². The molecule has 22 heavy (non-hydrogen) atoms. The van der Waals surface area contributed by atoms with Gasteiger partial charge in [-0.15, -0.1) is 11.3 Å². The fourth-order valence-electron chi connectivity index (χ4n) is 4.02. The van der Waals surface area contributed by atoms with Gasteiger partial charge >= 0.3 is 0 Å². The maximum Gasteiger partial charge on any atom is 0.228 e. The molecule has 1 aliphatic carbocycles. The number of carbonyl (C=O) groups excluding carboxylic acids is 1. The van der Waals surface area contributed by atoms with Gasteiger partial charge in [-0.2, -0.15) is 0 Å². The van der Waals surface area contributed by atoms with Crippen LogP contribution in [0.3, 0.4) is 0 Å². The van der Waals surface area contributed by atoms with E-state index in [4.69, 9.17) is 0 Å². The van der Waals surface area contributed by atoms with E-state index in [9.17, 15) is 4.79 Å². The molecule has 2 aliphatic rings. The maximum atomic E-state index is 12.8. The number of rotatable bonds is 3. The fraction of sp³-hybridized carbons (Fsp3) is 0.529. The SMILES string of the molecule is O=C(NCc1nc2ccccc2s1)[C@@]12CCCC[C@H]1CNC2.